The lowest BCUT2D eigenvalue weighted by Gasteiger charge is -2.43. The minimum absolute atomic E-state index is 0.209. The van der Waals surface area contributed by atoms with Crippen LogP contribution in [0.1, 0.15) is 57.9 Å². The quantitative estimate of drug-likeness (QED) is 0.430. The van der Waals surface area contributed by atoms with E-state index in [0.717, 1.165) is 47.8 Å². The van der Waals surface area contributed by atoms with Crippen LogP contribution in [0.15, 0.2) is 35.9 Å². The van der Waals surface area contributed by atoms with E-state index in [-0.39, 0.29) is 13.2 Å². The largest absolute Gasteiger partial charge is 0.493 e. The van der Waals surface area contributed by atoms with Crippen molar-refractivity contribution in [2.24, 2.45) is 29.4 Å². The number of fused-ring (bicyclic) bond motifs is 2. The van der Waals surface area contributed by atoms with Gasteiger partial charge in [-0.2, -0.15) is 0 Å². The van der Waals surface area contributed by atoms with Crippen molar-refractivity contribution in [3.05, 3.63) is 41.5 Å². The summed E-state index contributed by atoms with van der Waals surface area (Å²) in [6.07, 6.45) is 10.3. The number of aliphatic hydroxyl groups is 2. The van der Waals surface area contributed by atoms with Crippen LogP contribution >= 0.6 is 0 Å². The highest BCUT2D eigenvalue weighted by Crippen LogP contribution is 2.47. The number of aliphatic hydroxyl groups excluding tert-OH is 2. The molecule has 0 aliphatic heterocycles. The van der Waals surface area contributed by atoms with Gasteiger partial charge in [0.2, 0.25) is 0 Å². The molecular formula is C25H39NO3. The van der Waals surface area contributed by atoms with E-state index in [1.165, 1.54) is 25.7 Å². The summed E-state index contributed by atoms with van der Waals surface area (Å²) < 4.78 is 5.95. The van der Waals surface area contributed by atoms with Crippen molar-refractivity contribution >= 4 is 0 Å². The Balaban J connectivity index is 1.45. The number of ether oxygens (including phenoxy) is 1. The van der Waals surface area contributed by atoms with Crippen LogP contribution in [0.2, 0.25) is 0 Å². The summed E-state index contributed by atoms with van der Waals surface area (Å²) in [4.78, 5) is 0. The van der Waals surface area contributed by atoms with E-state index in [2.05, 4.69) is 19.9 Å². The molecule has 4 nitrogen and oxygen atoms in total. The fourth-order valence-electron chi connectivity index (χ4n) is 5.37. The molecule has 2 aliphatic carbocycles. The van der Waals surface area contributed by atoms with Crippen molar-refractivity contribution in [3.8, 4) is 5.75 Å². The average molecular weight is 402 g/mol. The zero-order valence-corrected chi connectivity index (χ0v) is 18.1. The van der Waals surface area contributed by atoms with E-state index in [1.807, 2.05) is 24.3 Å². The summed E-state index contributed by atoms with van der Waals surface area (Å²) in [5.74, 6) is 4.25. The standard InChI is InChI=1S/C25H39NO3/c1-18-12-21-14-19(2)24(22(13-18)15-21)4-3-11-29-23-7-5-20(6-8-23)9-10-25(26,16-27)17-28/h4-8,18-19,21-22,27-28H,3,9-17,26H2,1-2H3/b24-4-. The van der Waals surface area contributed by atoms with E-state index in [0.29, 0.717) is 13.0 Å². The van der Waals surface area contributed by atoms with Gasteiger partial charge in [-0.3, -0.25) is 0 Å². The van der Waals surface area contributed by atoms with E-state index in [1.54, 1.807) is 5.57 Å². The second kappa shape index (κ2) is 10.1. The molecule has 2 aliphatic rings. The molecule has 2 bridgehead atoms. The topological polar surface area (TPSA) is 75.7 Å². The number of benzene rings is 1. The summed E-state index contributed by atoms with van der Waals surface area (Å²) in [7, 11) is 0. The van der Waals surface area contributed by atoms with Gasteiger partial charge in [0.1, 0.15) is 5.75 Å². The van der Waals surface area contributed by atoms with Crippen molar-refractivity contribution in [1.82, 2.24) is 0 Å². The van der Waals surface area contributed by atoms with Crippen molar-refractivity contribution < 1.29 is 14.9 Å². The fourth-order valence-corrected chi connectivity index (χ4v) is 5.37. The van der Waals surface area contributed by atoms with Crippen LogP contribution in [-0.2, 0) is 6.42 Å². The van der Waals surface area contributed by atoms with Crippen LogP contribution < -0.4 is 10.5 Å². The molecule has 2 saturated carbocycles. The highest BCUT2D eigenvalue weighted by atomic mass is 16.5. The van der Waals surface area contributed by atoms with Crippen LogP contribution in [0.3, 0.4) is 0 Å². The Hall–Kier alpha value is -1.36. The Bertz CT molecular complexity index is 661. The maximum absolute atomic E-state index is 9.29. The lowest BCUT2D eigenvalue weighted by molar-refractivity contribution is 0.115. The molecule has 29 heavy (non-hydrogen) atoms. The highest BCUT2D eigenvalue weighted by molar-refractivity contribution is 5.27. The predicted molar refractivity (Wildman–Crippen MR) is 118 cm³/mol. The number of aryl methyl sites for hydroxylation is 1. The minimum Gasteiger partial charge on any atom is -0.493 e. The van der Waals surface area contributed by atoms with Crippen LogP contribution in [0, 0.1) is 23.7 Å². The summed E-state index contributed by atoms with van der Waals surface area (Å²) in [6.45, 7) is 5.12. The second-order valence-electron chi connectivity index (χ2n) is 9.68. The van der Waals surface area contributed by atoms with E-state index in [4.69, 9.17) is 10.5 Å². The van der Waals surface area contributed by atoms with Gasteiger partial charge in [0.25, 0.3) is 0 Å². The lowest BCUT2D eigenvalue weighted by Crippen LogP contribution is -2.47. The van der Waals surface area contributed by atoms with Gasteiger partial charge >= 0.3 is 0 Å². The van der Waals surface area contributed by atoms with Crippen molar-refractivity contribution in [2.75, 3.05) is 19.8 Å². The smallest absolute Gasteiger partial charge is 0.119 e. The summed E-state index contributed by atoms with van der Waals surface area (Å²) >= 11 is 0. The van der Waals surface area contributed by atoms with Crippen LogP contribution in [0.25, 0.3) is 0 Å². The van der Waals surface area contributed by atoms with Gasteiger partial charge in [-0.1, -0.05) is 37.6 Å². The Morgan fingerprint density at radius 3 is 2.48 bits per heavy atom. The minimum atomic E-state index is -0.908. The first-order valence-corrected chi connectivity index (χ1v) is 11.3. The molecular weight excluding hydrogens is 362 g/mol. The van der Waals surface area contributed by atoms with Gasteiger partial charge in [0.05, 0.1) is 25.4 Å². The number of rotatable bonds is 9. The summed E-state index contributed by atoms with van der Waals surface area (Å²) in [5, 5.41) is 18.6. The molecule has 3 rings (SSSR count). The zero-order valence-electron chi connectivity index (χ0n) is 18.1. The summed E-state index contributed by atoms with van der Waals surface area (Å²) in [6, 6.07) is 8.07. The number of hydrogen-bond acceptors (Lipinski definition) is 4. The molecule has 0 aromatic heterocycles. The molecule has 162 valence electrons. The normalized spacial score (nSPS) is 28.5. The molecule has 1 aromatic rings. The first kappa shape index (κ1) is 22.3. The molecule has 0 heterocycles. The molecule has 0 radical (unpaired) electrons. The average Bonchev–Trinajstić information content (AvgIpc) is 2.71. The monoisotopic (exact) mass is 401 g/mol. The SMILES string of the molecule is CC1CC2CC(C)/C(=C/CCOc3ccc(CCC(N)(CO)CO)cc3)C(C1)C2. The molecule has 0 saturated heterocycles. The van der Waals surface area contributed by atoms with Crippen LogP contribution in [-0.4, -0.2) is 35.6 Å². The third-order valence-electron chi connectivity index (χ3n) is 7.00. The van der Waals surface area contributed by atoms with Gasteiger partial charge in [-0.05, 0) is 86.3 Å². The Labute approximate surface area is 176 Å². The first-order valence-electron chi connectivity index (χ1n) is 11.3. The summed E-state index contributed by atoms with van der Waals surface area (Å²) in [5.41, 5.74) is 7.84. The third-order valence-corrected chi connectivity index (χ3v) is 7.00. The molecule has 4 atom stereocenters. The molecule has 4 unspecified atom stereocenters. The van der Waals surface area contributed by atoms with Gasteiger partial charge in [0.15, 0.2) is 0 Å². The van der Waals surface area contributed by atoms with Crippen molar-refractivity contribution in [2.45, 2.75) is 64.3 Å². The first-order chi connectivity index (χ1) is 13.9. The fraction of sp³-hybridized carbons (Fsp3) is 0.680. The molecule has 2 fully saturated rings. The third kappa shape index (κ3) is 6.07. The second-order valence-corrected chi connectivity index (χ2v) is 9.68. The Morgan fingerprint density at radius 1 is 1.07 bits per heavy atom. The van der Waals surface area contributed by atoms with Crippen LogP contribution in [0.4, 0.5) is 0 Å². The highest BCUT2D eigenvalue weighted by Gasteiger charge is 2.35. The number of allylic oxidation sites excluding steroid dienone is 1. The lowest BCUT2D eigenvalue weighted by atomic mass is 9.63. The van der Waals surface area contributed by atoms with Crippen molar-refractivity contribution in [3.63, 3.8) is 0 Å². The van der Waals surface area contributed by atoms with Gasteiger partial charge in [0, 0.05) is 0 Å². The van der Waals surface area contributed by atoms with Gasteiger partial charge in [-0.25, -0.2) is 0 Å². The van der Waals surface area contributed by atoms with Gasteiger partial charge in [-0.15, -0.1) is 0 Å². The maximum Gasteiger partial charge on any atom is 0.119 e. The Morgan fingerprint density at radius 2 is 1.79 bits per heavy atom. The predicted octanol–water partition coefficient (Wildman–Crippen LogP) is 4.09. The number of nitrogens with two attached hydrogens (primary N) is 1. The molecule has 4 heteroatoms. The number of hydrogen-bond donors (Lipinski definition) is 3. The zero-order chi connectivity index (χ0) is 20.9. The maximum atomic E-state index is 9.29. The van der Waals surface area contributed by atoms with Crippen molar-refractivity contribution in [1.29, 1.82) is 0 Å². The van der Waals surface area contributed by atoms with Gasteiger partial charge < -0.3 is 20.7 Å². The van der Waals surface area contributed by atoms with Crippen LogP contribution in [0.5, 0.6) is 5.75 Å². The van der Waals surface area contributed by atoms with E-state index in [9.17, 15) is 10.2 Å². The van der Waals surface area contributed by atoms with E-state index < -0.39 is 5.54 Å². The molecule has 1 aromatic carbocycles. The molecule has 0 amide bonds. The van der Waals surface area contributed by atoms with E-state index >= 15 is 0 Å². The molecule has 4 N–H and O–H groups in total. The molecule has 0 spiro atoms. The Kier molecular flexibility index (Phi) is 7.78.